The molecular formula is C42H28N6. The highest BCUT2D eigenvalue weighted by Crippen LogP contribution is 2.34. The van der Waals surface area contributed by atoms with Gasteiger partial charge in [-0.2, -0.15) is 0 Å². The van der Waals surface area contributed by atoms with E-state index in [1.165, 1.54) is 0 Å². The van der Waals surface area contributed by atoms with Crippen molar-refractivity contribution in [1.82, 2.24) is 29.9 Å². The van der Waals surface area contributed by atoms with Gasteiger partial charge in [0, 0.05) is 63.7 Å². The summed E-state index contributed by atoms with van der Waals surface area (Å²) in [6.07, 6.45) is 7.24. The van der Waals surface area contributed by atoms with Crippen molar-refractivity contribution in [2.24, 2.45) is 0 Å². The van der Waals surface area contributed by atoms with Gasteiger partial charge in [0.15, 0.2) is 5.82 Å². The molecule has 0 radical (unpaired) electrons. The Morgan fingerprint density at radius 1 is 0.250 bits per heavy atom. The van der Waals surface area contributed by atoms with Crippen LogP contribution in [-0.4, -0.2) is 29.9 Å². The van der Waals surface area contributed by atoms with Crippen molar-refractivity contribution in [3.05, 3.63) is 170 Å². The number of hydrogen-bond acceptors (Lipinski definition) is 6. The molecule has 0 amide bonds. The fourth-order valence-electron chi connectivity index (χ4n) is 5.68. The summed E-state index contributed by atoms with van der Waals surface area (Å²) in [6, 6.07) is 48.8. The molecule has 5 aromatic heterocycles. The first kappa shape index (κ1) is 28.8. The average Bonchev–Trinajstić information content (AvgIpc) is 3.19. The summed E-state index contributed by atoms with van der Waals surface area (Å²) in [4.78, 5) is 28.6. The lowest BCUT2D eigenvalue weighted by atomic mass is 9.98. The second-order valence-electron chi connectivity index (χ2n) is 11.3. The van der Waals surface area contributed by atoms with Crippen LogP contribution in [0.4, 0.5) is 0 Å². The van der Waals surface area contributed by atoms with E-state index < -0.39 is 0 Å². The Kier molecular flexibility index (Phi) is 7.79. The highest BCUT2D eigenvalue weighted by atomic mass is 14.9. The Labute approximate surface area is 278 Å². The smallest absolute Gasteiger partial charge is 0.160 e. The minimum atomic E-state index is 0.631. The van der Waals surface area contributed by atoms with Crippen LogP contribution >= 0.6 is 0 Å². The Balaban J connectivity index is 1.28. The minimum absolute atomic E-state index is 0.631. The van der Waals surface area contributed by atoms with E-state index in [0.29, 0.717) is 5.82 Å². The number of nitrogens with zero attached hydrogens (tertiary/aromatic N) is 6. The van der Waals surface area contributed by atoms with Gasteiger partial charge in [-0.05, 0) is 72.8 Å². The maximum Gasteiger partial charge on any atom is 0.160 e. The molecule has 0 bridgehead atoms. The highest BCUT2D eigenvalue weighted by molar-refractivity contribution is 5.81. The number of pyridine rings is 4. The van der Waals surface area contributed by atoms with Crippen LogP contribution in [0.1, 0.15) is 0 Å². The second kappa shape index (κ2) is 13.0. The summed E-state index contributed by atoms with van der Waals surface area (Å²) in [5.41, 5.74) is 12.1. The molecule has 6 heteroatoms. The normalized spacial score (nSPS) is 10.9. The van der Waals surface area contributed by atoms with Crippen LogP contribution < -0.4 is 0 Å². The monoisotopic (exact) mass is 616 g/mol. The molecule has 0 fully saturated rings. The Morgan fingerprint density at radius 2 is 0.562 bits per heavy atom. The number of rotatable bonds is 7. The Bertz CT molecular complexity index is 2130. The molecule has 3 aromatic carbocycles. The topological polar surface area (TPSA) is 77.3 Å². The quantitative estimate of drug-likeness (QED) is 0.177. The summed E-state index contributed by atoms with van der Waals surface area (Å²) >= 11 is 0. The maximum absolute atomic E-state index is 5.16. The van der Waals surface area contributed by atoms with Crippen LogP contribution in [0.15, 0.2) is 170 Å². The lowest BCUT2D eigenvalue weighted by molar-refractivity contribution is 1.18. The van der Waals surface area contributed by atoms with Crippen molar-refractivity contribution in [2.75, 3.05) is 0 Å². The van der Waals surface area contributed by atoms with Gasteiger partial charge in [-0.1, -0.05) is 72.8 Å². The number of hydrogen-bond donors (Lipinski definition) is 0. The van der Waals surface area contributed by atoms with Gasteiger partial charge in [-0.3, -0.25) is 19.9 Å². The van der Waals surface area contributed by atoms with Gasteiger partial charge in [-0.15, -0.1) is 0 Å². The molecule has 0 unspecified atom stereocenters. The summed E-state index contributed by atoms with van der Waals surface area (Å²) in [7, 11) is 0. The third-order valence-corrected chi connectivity index (χ3v) is 8.12. The molecule has 0 saturated heterocycles. The fourth-order valence-corrected chi connectivity index (χ4v) is 5.68. The van der Waals surface area contributed by atoms with Gasteiger partial charge in [0.1, 0.15) is 0 Å². The Morgan fingerprint density at radius 3 is 0.938 bits per heavy atom. The van der Waals surface area contributed by atoms with Crippen LogP contribution in [0.3, 0.4) is 0 Å². The minimum Gasteiger partial charge on any atom is -0.256 e. The molecule has 8 aromatic rings. The van der Waals surface area contributed by atoms with Crippen molar-refractivity contribution in [1.29, 1.82) is 0 Å². The van der Waals surface area contributed by atoms with E-state index >= 15 is 0 Å². The molecule has 0 N–H and O–H groups in total. The third-order valence-electron chi connectivity index (χ3n) is 8.12. The average molecular weight is 617 g/mol. The Hall–Kier alpha value is -6.66. The third kappa shape index (κ3) is 6.10. The zero-order valence-electron chi connectivity index (χ0n) is 25.8. The molecule has 0 saturated carbocycles. The van der Waals surface area contributed by atoms with Crippen molar-refractivity contribution >= 4 is 0 Å². The number of benzene rings is 3. The molecule has 0 aliphatic rings. The summed E-state index contributed by atoms with van der Waals surface area (Å²) in [5, 5.41) is 0. The first-order chi connectivity index (χ1) is 23.8. The van der Waals surface area contributed by atoms with Crippen molar-refractivity contribution < 1.29 is 0 Å². The molecule has 6 nitrogen and oxygen atoms in total. The molecule has 0 atom stereocenters. The molecule has 0 aliphatic heterocycles. The van der Waals surface area contributed by atoms with E-state index in [9.17, 15) is 0 Å². The first-order valence-corrected chi connectivity index (χ1v) is 15.7. The van der Waals surface area contributed by atoms with E-state index in [-0.39, 0.29) is 0 Å². The van der Waals surface area contributed by atoms with Crippen LogP contribution in [-0.2, 0) is 0 Å². The molecule has 0 aliphatic carbocycles. The maximum atomic E-state index is 5.16. The zero-order chi connectivity index (χ0) is 32.1. The van der Waals surface area contributed by atoms with E-state index in [1.54, 1.807) is 6.20 Å². The van der Waals surface area contributed by atoms with Crippen molar-refractivity contribution in [2.45, 2.75) is 0 Å². The van der Waals surface area contributed by atoms with E-state index in [4.69, 9.17) is 9.97 Å². The zero-order valence-corrected chi connectivity index (χ0v) is 25.8. The summed E-state index contributed by atoms with van der Waals surface area (Å²) in [5.74, 6) is 0.631. The van der Waals surface area contributed by atoms with Gasteiger partial charge < -0.3 is 0 Å². The van der Waals surface area contributed by atoms with E-state index in [0.717, 1.165) is 73.1 Å². The molecule has 226 valence electrons. The van der Waals surface area contributed by atoms with Crippen LogP contribution in [0.5, 0.6) is 0 Å². The summed E-state index contributed by atoms with van der Waals surface area (Å²) in [6.45, 7) is 0. The second-order valence-corrected chi connectivity index (χ2v) is 11.3. The molecule has 0 spiro atoms. The first-order valence-electron chi connectivity index (χ1n) is 15.7. The highest BCUT2D eigenvalue weighted by Gasteiger charge is 2.15. The van der Waals surface area contributed by atoms with Gasteiger partial charge >= 0.3 is 0 Å². The van der Waals surface area contributed by atoms with Crippen LogP contribution in [0, 0.1) is 0 Å². The van der Waals surface area contributed by atoms with Crippen LogP contribution in [0.25, 0.3) is 78.9 Å². The number of aromatic nitrogens is 6. The molecular weight excluding hydrogens is 589 g/mol. The fraction of sp³-hybridized carbons (Fsp3) is 0. The largest absolute Gasteiger partial charge is 0.256 e. The molecule has 48 heavy (non-hydrogen) atoms. The van der Waals surface area contributed by atoms with Crippen molar-refractivity contribution in [3.63, 3.8) is 0 Å². The predicted molar refractivity (Wildman–Crippen MR) is 191 cm³/mol. The SMILES string of the molecule is c1ccc(-c2ccc(-c3cc(-c4cc(-c5ccccn5)cc(-c5ccccn5)c4)nc(-c4ccc(-c5ccccn5)cc4)n3)cc2)nc1. The summed E-state index contributed by atoms with van der Waals surface area (Å²) < 4.78 is 0. The van der Waals surface area contributed by atoms with Gasteiger partial charge in [0.05, 0.1) is 34.2 Å². The van der Waals surface area contributed by atoms with Crippen molar-refractivity contribution in [3.8, 4) is 78.9 Å². The predicted octanol–water partition coefficient (Wildman–Crippen LogP) is 9.73. The van der Waals surface area contributed by atoms with E-state index in [2.05, 4.69) is 92.7 Å². The van der Waals surface area contributed by atoms with Gasteiger partial charge in [0.2, 0.25) is 0 Å². The van der Waals surface area contributed by atoms with Gasteiger partial charge in [0.25, 0.3) is 0 Å². The van der Waals surface area contributed by atoms with E-state index in [1.807, 2.05) is 91.4 Å². The lowest BCUT2D eigenvalue weighted by Gasteiger charge is -2.13. The van der Waals surface area contributed by atoms with Gasteiger partial charge in [-0.25, -0.2) is 9.97 Å². The molecule has 5 heterocycles. The standard InChI is InChI=1S/C42H28N6/c1-5-21-43-36(9-1)29-13-15-31(16-14-29)40-28-41(48-42(47-40)32-19-17-30(18-20-32)37-10-2-6-22-44-37)35-26-33(38-11-3-7-23-45-38)25-34(27-35)39-12-4-8-24-46-39/h1-28H. The van der Waals surface area contributed by atoms with Crippen LogP contribution in [0.2, 0.25) is 0 Å². The lowest BCUT2D eigenvalue weighted by Crippen LogP contribution is -1.97. The molecule has 8 rings (SSSR count).